The van der Waals surface area contributed by atoms with Crippen molar-refractivity contribution in [2.45, 2.75) is 26.8 Å². The predicted molar refractivity (Wildman–Crippen MR) is 100 cm³/mol. The number of aryl methyl sites for hydroxylation is 3. The van der Waals surface area contributed by atoms with Gasteiger partial charge in [0.25, 0.3) is 11.8 Å². The van der Waals surface area contributed by atoms with Crippen LogP contribution in [0.1, 0.15) is 38.7 Å². The molecule has 2 aromatic carbocycles. The number of nitrogens with one attached hydrogen (secondary N) is 1. The first kappa shape index (κ1) is 18.6. The van der Waals surface area contributed by atoms with Gasteiger partial charge < -0.3 is 10.1 Å². The van der Waals surface area contributed by atoms with E-state index in [2.05, 4.69) is 5.32 Å². The molecule has 140 valence electrons. The molecule has 0 saturated carbocycles. The molecule has 0 radical (unpaired) electrons. The van der Waals surface area contributed by atoms with E-state index in [-0.39, 0.29) is 19.1 Å². The van der Waals surface area contributed by atoms with E-state index in [1.165, 1.54) is 0 Å². The van der Waals surface area contributed by atoms with Crippen LogP contribution in [0, 0.1) is 20.8 Å². The van der Waals surface area contributed by atoms with Crippen molar-refractivity contribution in [2.24, 2.45) is 0 Å². The van der Waals surface area contributed by atoms with Gasteiger partial charge in [0.05, 0.1) is 12.6 Å². The van der Waals surface area contributed by atoms with Gasteiger partial charge in [0, 0.05) is 5.56 Å². The van der Waals surface area contributed by atoms with E-state index < -0.39 is 18.0 Å². The maximum Gasteiger partial charge on any atom is 0.417 e. The quantitative estimate of drug-likeness (QED) is 0.882. The average Bonchev–Trinajstić information content (AvgIpc) is 2.93. The number of rotatable bonds is 5. The molecule has 0 aromatic heterocycles. The molecule has 3 rings (SSSR count). The van der Waals surface area contributed by atoms with Gasteiger partial charge in [-0.3, -0.25) is 9.59 Å². The second-order valence-electron chi connectivity index (χ2n) is 6.77. The van der Waals surface area contributed by atoms with Crippen LogP contribution in [-0.4, -0.2) is 36.0 Å². The molecular formula is C21H22N2O4. The lowest BCUT2D eigenvalue weighted by atomic mass is 9.98. The van der Waals surface area contributed by atoms with Crippen LogP contribution in [0.5, 0.6) is 0 Å². The zero-order valence-electron chi connectivity index (χ0n) is 15.6. The van der Waals surface area contributed by atoms with E-state index in [1.807, 2.05) is 63.2 Å². The topological polar surface area (TPSA) is 75.7 Å². The second kappa shape index (κ2) is 7.61. The fourth-order valence-corrected chi connectivity index (χ4v) is 3.43. The molecule has 1 unspecified atom stereocenters. The van der Waals surface area contributed by atoms with Crippen LogP contribution in [0.2, 0.25) is 0 Å². The van der Waals surface area contributed by atoms with Crippen LogP contribution in [0.15, 0.2) is 42.5 Å². The van der Waals surface area contributed by atoms with Gasteiger partial charge in [0.1, 0.15) is 0 Å². The van der Waals surface area contributed by atoms with Crippen LogP contribution >= 0.6 is 0 Å². The van der Waals surface area contributed by atoms with Crippen molar-refractivity contribution < 1.29 is 19.1 Å². The number of cyclic esters (lactones) is 1. The van der Waals surface area contributed by atoms with Gasteiger partial charge in [-0.2, -0.15) is 0 Å². The third kappa shape index (κ3) is 4.00. The number of carbonyl (C=O) groups excluding carboxylic acids is 3. The number of benzene rings is 2. The molecule has 1 aliphatic heterocycles. The van der Waals surface area contributed by atoms with E-state index in [1.54, 1.807) is 0 Å². The molecule has 3 amide bonds. The Morgan fingerprint density at radius 3 is 2.30 bits per heavy atom. The Morgan fingerprint density at radius 1 is 1.11 bits per heavy atom. The number of carbonyl (C=O) groups is 3. The van der Waals surface area contributed by atoms with Gasteiger partial charge in [0.2, 0.25) is 0 Å². The molecule has 1 saturated heterocycles. The summed E-state index contributed by atoms with van der Waals surface area (Å²) in [5.41, 5.74) is 4.27. The summed E-state index contributed by atoms with van der Waals surface area (Å²) in [7, 11) is 0. The molecule has 27 heavy (non-hydrogen) atoms. The van der Waals surface area contributed by atoms with Crippen LogP contribution < -0.4 is 5.32 Å². The lowest BCUT2D eigenvalue weighted by molar-refractivity contribution is -0.126. The van der Waals surface area contributed by atoms with Crippen LogP contribution in [0.3, 0.4) is 0 Å². The summed E-state index contributed by atoms with van der Waals surface area (Å²) in [6.45, 7) is 5.54. The summed E-state index contributed by atoms with van der Waals surface area (Å²) >= 11 is 0. The third-order valence-corrected chi connectivity index (χ3v) is 4.62. The molecule has 6 nitrogen and oxygen atoms in total. The monoisotopic (exact) mass is 366 g/mol. The lowest BCUT2D eigenvalue weighted by Gasteiger charge is -2.23. The molecule has 0 bridgehead atoms. The Labute approximate surface area is 158 Å². The van der Waals surface area contributed by atoms with Crippen LogP contribution in [0.4, 0.5) is 4.79 Å². The van der Waals surface area contributed by atoms with Crippen molar-refractivity contribution >= 4 is 17.9 Å². The highest BCUT2D eigenvalue weighted by Crippen LogP contribution is 2.21. The van der Waals surface area contributed by atoms with E-state index in [4.69, 9.17) is 4.74 Å². The highest BCUT2D eigenvalue weighted by Gasteiger charge is 2.34. The number of hydrogen-bond acceptors (Lipinski definition) is 4. The van der Waals surface area contributed by atoms with Gasteiger partial charge in [-0.15, -0.1) is 0 Å². The van der Waals surface area contributed by atoms with Crippen molar-refractivity contribution in [2.75, 3.05) is 13.2 Å². The minimum Gasteiger partial charge on any atom is -0.439 e. The molecule has 1 N–H and O–H groups in total. The first-order chi connectivity index (χ1) is 12.9. The molecule has 0 spiro atoms. The van der Waals surface area contributed by atoms with Crippen molar-refractivity contribution in [3.63, 3.8) is 0 Å². The van der Waals surface area contributed by atoms with Crippen molar-refractivity contribution in [3.05, 3.63) is 70.3 Å². The van der Waals surface area contributed by atoms with Crippen LogP contribution in [-0.2, 0) is 9.53 Å². The van der Waals surface area contributed by atoms with Crippen LogP contribution in [0.25, 0.3) is 0 Å². The maximum absolute atomic E-state index is 13.0. The predicted octanol–water partition coefficient (Wildman–Crippen LogP) is 3.06. The van der Waals surface area contributed by atoms with E-state index in [9.17, 15) is 14.4 Å². The Bertz CT molecular complexity index is 853. The molecule has 1 fully saturated rings. The zero-order valence-corrected chi connectivity index (χ0v) is 15.6. The number of ether oxygens (including phenoxy) is 1. The SMILES string of the molecule is Cc1cc(C)c(C(=O)NC(CN2C(=O)COC2=O)c2ccccc2)c(C)c1. The fourth-order valence-electron chi connectivity index (χ4n) is 3.43. The minimum absolute atomic E-state index is 0.0252. The highest BCUT2D eigenvalue weighted by atomic mass is 16.6. The summed E-state index contributed by atoms with van der Waals surface area (Å²) in [6.07, 6.45) is -0.683. The van der Waals surface area contributed by atoms with Gasteiger partial charge in [-0.25, -0.2) is 9.69 Å². The maximum atomic E-state index is 13.0. The van der Waals surface area contributed by atoms with E-state index >= 15 is 0 Å². The molecule has 6 heteroatoms. The highest BCUT2D eigenvalue weighted by molar-refractivity contribution is 5.99. The number of nitrogens with zero attached hydrogens (tertiary/aromatic N) is 1. The molecular weight excluding hydrogens is 344 g/mol. The van der Waals surface area contributed by atoms with Gasteiger partial charge in [0.15, 0.2) is 6.61 Å². The number of amides is 3. The Hall–Kier alpha value is -3.15. The number of imide groups is 1. The summed E-state index contributed by atoms with van der Waals surface area (Å²) in [5, 5.41) is 2.98. The Morgan fingerprint density at radius 2 is 1.74 bits per heavy atom. The van der Waals surface area contributed by atoms with Gasteiger partial charge >= 0.3 is 6.09 Å². The first-order valence-corrected chi connectivity index (χ1v) is 8.77. The number of hydrogen-bond donors (Lipinski definition) is 1. The average molecular weight is 366 g/mol. The molecule has 1 aliphatic rings. The smallest absolute Gasteiger partial charge is 0.417 e. The summed E-state index contributed by atoms with van der Waals surface area (Å²) < 4.78 is 4.78. The normalized spacial score (nSPS) is 14.9. The van der Waals surface area contributed by atoms with E-state index in [0.29, 0.717) is 5.56 Å². The molecule has 0 aliphatic carbocycles. The summed E-state index contributed by atoms with van der Waals surface area (Å²) in [6, 6.07) is 12.7. The standard InChI is InChI=1S/C21H22N2O4/c1-13-9-14(2)19(15(3)10-13)20(25)22-17(16-7-5-4-6-8-16)11-23-18(24)12-27-21(23)26/h4-10,17H,11-12H2,1-3H3,(H,22,25). The third-order valence-electron chi connectivity index (χ3n) is 4.62. The summed E-state index contributed by atoms with van der Waals surface area (Å²) in [4.78, 5) is 37.8. The molecule has 1 heterocycles. The Kier molecular flexibility index (Phi) is 5.26. The van der Waals surface area contributed by atoms with Crippen molar-refractivity contribution in [1.82, 2.24) is 10.2 Å². The van der Waals surface area contributed by atoms with E-state index in [0.717, 1.165) is 27.2 Å². The minimum atomic E-state index is -0.683. The largest absolute Gasteiger partial charge is 0.439 e. The van der Waals surface area contributed by atoms with Crippen molar-refractivity contribution in [3.8, 4) is 0 Å². The Balaban J connectivity index is 1.89. The first-order valence-electron chi connectivity index (χ1n) is 8.77. The fraction of sp³-hybridized carbons (Fsp3) is 0.286. The molecule has 2 aromatic rings. The van der Waals surface area contributed by atoms with Gasteiger partial charge in [-0.1, -0.05) is 48.0 Å². The zero-order chi connectivity index (χ0) is 19.6. The second-order valence-corrected chi connectivity index (χ2v) is 6.77. The lowest BCUT2D eigenvalue weighted by Crippen LogP contribution is -2.40. The summed E-state index contributed by atoms with van der Waals surface area (Å²) in [5.74, 6) is -0.642. The van der Waals surface area contributed by atoms with Gasteiger partial charge in [-0.05, 0) is 37.5 Å². The van der Waals surface area contributed by atoms with Crippen molar-refractivity contribution in [1.29, 1.82) is 0 Å². The molecule has 1 atom stereocenters.